The normalized spacial score (nSPS) is 20.9. The first-order valence-electron chi connectivity index (χ1n) is 5.01. The molecule has 3 unspecified atom stereocenters. The van der Waals surface area contributed by atoms with Crippen LogP contribution in [0.25, 0.3) is 0 Å². The predicted octanol–water partition coefficient (Wildman–Crippen LogP) is -3.35. The van der Waals surface area contributed by atoms with E-state index in [0.29, 0.717) is 0 Å². The highest BCUT2D eigenvalue weighted by atomic mass is 16.4. The van der Waals surface area contributed by atoms with E-state index in [2.05, 4.69) is 9.98 Å². The monoisotopic (exact) mass is 257 g/mol. The Morgan fingerprint density at radius 1 is 1.17 bits per heavy atom. The molecule has 9 nitrogen and oxygen atoms in total. The van der Waals surface area contributed by atoms with Crippen molar-refractivity contribution < 1.29 is 20.4 Å². The van der Waals surface area contributed by atoms with Crippen LogP contribution < -0.4 is 11.5 Å². The highest BCUT2D eigenvalue weighted by molar-refractivity contribution is 6.28. The summed E-state index contributed by atoms with van der Waals surface area (Å²) in [5.41, 5.74) is 11.0. The minimum Gasteiger partial charge on any atom is -0.394 e. The van der Waals surface area contributed by atoms with Gasteiger partial charge < -0.3 is 31.9 Å². The van der Waals surface area contributed by atoms with Crippen LogP contribution in [0.15, 0.2) is 21.6 Å². The highest BCUT2D eigenvalue weighted by Gasteiger charge is 2.25. The van der Waals surface area contributed by atoms with Gasteiger partial charge in [0.15, 0.2) is 0 Å². The second-order valence-corrected chi connectivity index (χ2v) is 3.63. The zero-order valence-corrected chi connectivity index (χ0v) is 9.35. The molecule has 9 heteroatoms. The number of aliphatic hydroxyl groups is 4. The smallest absolute Gasteiger partial charge is 0.245 e. The number of hydrogen-bond acceptors (Lipinski definition) is 7. The number of rotatable bonds is 4. The lowest BCUT2D eigenvalue weighted by atomic mass is 10.0. The molecule has 1 heterocycles. The lowest BCUT2D eigenvalue weighted by molar-refractivity contribution is -0.0611. The molecule has 1 aliphatic rings. The Bertz CT molecular complexity index is 407. The molecule has 1 aliphatic heterocycles. The van der Waals surface area contributed by atoms with Crippen LogP contribution in [-0.2, 0) is 0 Å². The maximum atomic E-state index is 9.60. The van der Waals surface area contributed by atoms with Gasteiger partial charge in [-0.2, -0.15) is 9.98 Å². The third-order valence-electron chi connectivity index (χ3n) is 2.27. The van der Waals surface area contributed by atoms with Crippen LogP contribution in [0.3, 0.4) is 0 Å². The van der Waals surface area contributed by atoms with E-state index in [1.54, 1.807) is 0 Å². The summed E-state index contributed by atoms with van der Waals surface area (Å²) in [4.78, 5) is 7.06. The van der Waals surface area contributed by atoms with Crippen molar-refractivity contribution in [3.8, 4) is 0 Å². The Morgan fingerprint density at radius 2 is 1.67 bits per heavy atom. The maximum absolute atomic E-state index is 9.60. The van der Waals surface area contributed by atoms with E-state index >= 15 is 0 Å². The third kappa shape index (κ3) is 3.11. The van der Waals surface area contributed by atoms with Crippen molar-refractivity contribution in [3.63, 3.8) is 0 Å². The summed E-state index contributed by atoms with van der Waals surface area (Å²) >= 11 is 0. The van der Waals surface area contributed by atoms with Crippen molar-refractivity contribution in [3.05, 3.63) is 11.6 Å². The molecular formula is C9H15N5O4. The average molecular weight is 257 g/mol. The zero-order chi connectivity index (χ0) is 13.9. The lowest BCUT2D eigenvalue weighted by Crippen LogP contribution is -2.40. The Morgan fingerprint density at radius 3 is 2.11 bits per heavy atom. The van der Waals surface area contributed by atoms with Gasteiger partial charge >= 0.3 is 0 Å². The van der Waals surface area contributed by atoms with Crippen molar-refractivity contribution in [1.82, 2.24) is 0 Å². The Kier molecular flexibility index (Phi) is 4.50. The van der Waals surface area contributed by atoms with E-state index in [4.69, 9.17) is 27.1 Å². The molecule has 0 saturated carbocycles. The molecule has 0 aromatic heterocycles. The molecule has 9 N–H and O–H groups in total. The Hall–Kier alpha value is -1.81. The number of guanidine groups is 1. The van der Waals surface area contributed by atoms with E-state index in [1.807, 2.05) is 0 Å². The second kappa shape index (κ2) is 5.69. The number of amidine groups is 2. The van der Waals surface area contributed by atoms with Gasteiger partial charge in [0.05, 0.1) is 12.2 Å². The lowest BCUT2D eigenvalue weighted by Gasteiger charge is -2.20. The fraction of sp³-hybridized carbons (Fsp3) is 0.444. The van der Waals surface area contributed by atoms with Gasteiger partial charge in [-0.25, -0.2) is 0 Å². The number of hydrogen-bond donors (Lipinski definition) is 7. The fourth-order valence-corrected chi connectivity index (χ4v) is 1.28. The standard InChI is InChI=1S/C9H15N5O4/c10-7-3(8(11)14-9(12)13-7)1-4(16)6(18)5(17)2-15/h1,4-6,15-18H,2H2,(H5,10,11,12,13,14). The van der Waals surface area contributed by atoms with Gasteiger partial charge in [-0.05, 0) is 6.08 Å². The molecular weight excluding hydrogens is 242 g/mol. The fourth-order valence-electron chi connectivity index (χ4n) is 1.28. The van der Waals surface area contributed by atoms with E-state index in [1.165, 1.54) is 0 Å². The van der Waals surface area contributed by atoms with E-state index in [0.717, 1.165) is 6.08 Å². The quantitative estimate of drug-likeness (QED) is 0.276. The zero-order valence-electron chi connectivity index (χ0n) is 9.35. The molecule has 1 rings (SSSR count). The summed E-state index contributed by atoms with van der Waals surface area (Å²) < 4.78 is 0. The van der Waals surface area contributed by atoms with E-state index < -0.39 is 24.9 Å². The van der Waals surface area contributed by atoms with Crippen LogP contribution in [0, 0.1) is 5.41 Å². The van der Waals surface area contributed by atoms with Gasteiger partial charge in [-0.15, -0.1) is 0 Å². The van der Waals surface area contributed by atoms with E-state index in [-0.39, 0.29) is 23.2 Å². The number of aliphatic hydroxyl groups excluding tert-OH is 4. The summed E-state index contributed by atoms with van der Waals surface area (Å²) in [7, 11) is 0. The topological polar surface area (TPSA) is 182 Å². The van der Waals surface area contributed by atoms with Crippen LogP contribution in [0.1, 0.15) is 0 Å². The maximum Gasteiger partial charge on any atom is 0.245 e. The molecule has 18 heavy (non-hydrogen) atoms. The summed E-state index contributed by atoms with van der Waals surface area (Å²) in [6, 6.07) is 0. The highest BCUT2D eigenvalue weighted by Crippen LogP contribution is 2.08. The summed E-state index contributed by atoms with van der Waals surface area (Å²) in [5, 5.41) is 44.0. The van der Waals surface area contributed by atoms with Crippen LogP contribution in [0.4, 0.5) is 0 Å². The van der Waals surface area contributed by atoms with Crippen molar-refractivity contribution in [2.24, 2.45) is 21.5 Å². The largest absolute Gasteiger partial charge is 0.394 e. The van der Waals surface area contributed by atoms with Crippen molar-refractivity contribution in [2.45, 2.75) is 18.3 Å². The van der Waals surface area contributed by atoms with Gasteiger partial charge in [-0.3, -0.25) is 5.41 Å². The minimum absolute atomic E-state index is 0.0580. The summed E-state index contributed by atoms with van der Waals surface area (Å²) in [6.07, 6.45) is -3.58. The van der Waals surface area contributed by atoms with Gasteiger partial charge in [0.1, 0.15) is 30.0 Å². The average Bonchev–Trinajstić information content (AvgIpc) is 2.31. The van der Waals surface area contributed by atoms with E-state index in [9.17, 15) is 10.2 Å². The third-order valence-corrected chi connectivity index (χ3v) is 2.27. The van der Waals surface area contributed by atoms with Crippen molar-refractivity contribution in [1.29, 1.82) is 5.41 Å². The molecule has 0 saturated heterocycles. The van der Waals surface area contributed by atoms with Crippen LogP contribution >= 0.6 is 0 Å². The SMILES string of the molecule is N=C1N=C(N)C(=CC(O)C(O)C(O)CO)C(N)=N1. The molecule has 3 atom stereocenters. The number of nitrogens with two attached hydrogens (primary N) is 2. The molecule has 0 fully saturated rings. The second-order valence-electron chi connectivity index (χ2n) is 3.63. The molecule has 0 aromatic rings. The first kappa shape index (κ1) is 14.3. The summed E-state index contributed by atoms with van der Waals surface area (Å²) in [5.74, 6) is -0.623. The van der Waals surface area contributed by atoms with Crippen LogP contribution in [0.5, 0.6) is 0 Å². The first-order valence-corrected chi connectivity index (χ1v) is 5.01. The molecule has 100 valence electrons. The molecule has 0 bridgehead atoms. The van der Waals surface area contributed by atoms with Crippen molar-refractivity contribution in [2.75, 3.05) is 6.61 Å². The first-order chi connectivity index (χ1) is 8.36. The molecule has 0 aliphatic carbocycles. The number of nitrogens with one attached hydrogen (secondary N) is 1. The van der Waals surface area contributed by atoms with Crippen molar-refractivity contribution >= 4 is 17.6 Å². The van der Waals surface area contributed by atoms with Crippen LogP contribution in [0.2, 0.25) is 0 Å². The summed E-state index contributed by atoms with van der Waals surface area (Å²) in [6.45, 7) is -0.709. The Balaban J connectivity index is 2.92. The molecule has 0 aromatic carbocycles. The number of aliphatic imine (C=N–C) groups is 2. The van der Waals surface area contributed by atoms with Crippen LogP contribution in [-0.4, -0.2) is 63.0 Å². The van der Waals surface area contributed by atoms with Gasteiger partial charge in [0.25, 0.3) is 0 Å². The molecule has 0 spiro atoms. The minimum atomic E-state index is -1.61. The molecule has 0 radical (unpaired) electrons. The molecule has 0 amide bonds. The van der Waals surface area contributed by atoms with Gasteiger partial charge in [0, 0.05) is 0 Å². The predicted molar refractivity (Wildman–Crippen MR) is 64.2 cm³/mol. The number of nitrogens with zero attached hydrogens (tertiary/aromatic N) is 2. The van der Waals surface area contributed by atoms with Gasteiger partial charge in [-0.1, -0.05) is 0 Å². The van der Waals surface area contributed by atoms with Gasteiger partial charge in [0.2, 0.25) is 5.96 Å². The Labute approximate surface area is 102 Å².